The number of aliphatic hydroxyl groups excluding tert-OH is 1. The van der Waals surface area contributed by atoms with E-state index in [2.05, 4.69) is 6.92 Å². The molecule has 37 heavy (non-hydrogen) atoms. The molecule has 1 amide bonds. The van der Waals surface area contributed by atoms with Crippen LogP contribution in [0.1, 0.15) is 41.6 Å². The molecule has 5 rings (SSSR count). The van der Waals surface area contributed by atoms with E-state index in [0.717, 1.165) is 36.1 Å². The van der Waals surface area contributed by atoms with Crippen LogP contribution in [0.4, 0.5) is 5.69 Å². The number of benzene rings is 3. The first kappa shape index (κ1) is 24.4. The van der Waals surface area contributed by atoms with Gasteiger partial charge in [-0.3, -0.25) is 14.5 Å². The van der Waals surface area contributed by atoms with Gasteiger partial charge in [0.05, 0.1) is 32.4 Å². The van der Waals surface area contributed by atoms with Crippen molar-refractivity contribution in [2.24, 2.45) is 0 Å². The van der Waals surface area contributed by atoms with E-state index in [1.54, 1.807) is 30.3 Å². The largest absolute Gasteiger partial charge is 0.507 e. The van der Waals surface area contributed by atoms with Crippen LogP contribution in [0.15, 0.2) is 66.2 Å². The molecule has 0 saturated carbocycles. The molecule has 1 atom stereocenters. The second-order valence-electron chi connectivity index (χ2n) is 9.08. The molecule has 0 aliphatic carbocycles. The van der Waals surface area contributed by atoms with Crippen LogP contribution in [0, 0.1) is 0 Å². The van der Waals surface area contributed by atoms with Gasteiger partial charge in [0, 0.05) is 17.3 Å². The molecule has 0 aromatic heterocycles. The lowest BCUT2D eigenvalue weighted by Gasteiger charge is -2.26. The highest BCUT2D eigenvalue weighted by atomic mass is 16.5. The molecule has 2 aliphatic heterocycles. The van der Waals surface area contributed by atoms with Crippen molar-refractivity contribution in [2.75, 3.05) is 25.7 Å². The highest BCUT2D eigenvalue weighted by Crippen LogP contribution is 2.44. The molecule has 3 aromatic carbocycles. The molecule has 1 saturated heterocycles. The first-order chi connectivity index (χ1) is 18.0. The number of ketones is 1. The SMILES string of the molecule is CCc1ccc(C2/C(=C(/O)c3ccc4c(c3)CCCO4)C(=O)C(=O)N2c2ccc(OC)c(OC)c2)cc1. The summed E-state index contributed by atoms with van der Waals surface area (Å²) in [5.74, 6) is 0.0321. The minimum absolute atomic E-state index is 0.0423. The molecule has 0 radical (unpaired) electrons. The second-order valence-corrected chi connectivity index (χ2v) is 9.08. The van der Waals surface area contributed by atoms with E-state index < -0.39 is 17.7 Å². The van der Waals surface area contributed by atoms with E-state index in [1.165, 1.54) is 19.1 Å². The summed E-state index contributed by atoms with van der Waals surface area (Å²) in [7, 11) is 3.04. The number of aliphatic hydroxyl groups is 1. The Kier molecular flexibility index (Phi) is 6.61. The van der Waals surface area contributed by atoms with Crippen LogP contribution in [0.25, 0.3) is 5.76 Å². The molecule has 1 unspecified atom stereocenters. The van der Waals surface area contributed by atoms with Crippen LogP contribution in [0.2, 0.25) is 0 Å². The van der Waals surface area contributed by atoms with Gasteiger partial charge in [-0.15, -0.1) is 0 Å². The number of aryl methyl sites for hydroxylation is 2. The van der Waals surface area contributed by atoms with Crippen LogP contribution in [0.3, 0.4) is 0 Å². The number of carbonyl (C=O) groups excluding carboxylic acids is 2. The van der Waals surface area contributed by atoms with Crippen LogP contribution in [0.5, 0.6) is 17.2 Å². The lowest BCUT2D eigenvalue weighted by atomic mass is 9.93. The Labute approximate surface area is 215 Å². The summed E-state index contributed by atoms with van der Waals surface area (Å²) in [5, 5.41) is 11.5. The standard InChI is InChI=1S/C30H29NO6/c1-4-18-7-9-19(10-8-18)27-26(28(32)21-11-13-23-20(16-21)6-5-15-37-23)29(33)30(34)31(27)22-12-14-24(35-2)25(17-22)36-3/h7-14,16-17,27,32H,4-6,15H2,1-3H3/b28-26-. The molecule has 190 valence electrons. The molecular weight excluding hydrogens is 470 g/mol. The molecule has 1 fully saturated rings. The lowest BCUT2D eigenvalue weighted by molar-refractivity contribution is -0.132. The third kappa shape index (κ3) is 4.31. The number of ether oxygens (including phenoxy) is 3. The fourth-order valence-electron chi connectivity index (χ4n) is 4.99. The zero-order chi connectivity index (χ0) is 26.1. The number of fused-ring (bicyclic) bond motifs is 1. The fourth-order valence-corrected chi connectivity index (χ4v) is 4.99. The first-order valence-corrected chi connectivity index (χ1v) is 12.3. The third-order valence-electron chi connectivity index (χ3n) is 6.98. The Morgan fingerprint density at radius 3 is 2.46 bits per heavy atom. The summed E-state index contributed by atoms with van der Waals surface area (Å²) in [6.45, 7) is 2.72. The number of rotatable bonds is 6. The van der Waals surface area contributed by atoms with Gasteiger partial charge in [0.2, 0.25) is 0 Å². The Balaban J connectivity index is 1.68. The van der Waals surface area contributed by atoms with E-state index in [4.69, 9.17) is 14.2 Å². The maximum atomic E-state index is 13.5. The Morgan fingerprint density at radius 1 is 1.00 bits per heavy atom. The first-order valence-electron chi connectivity index (χ1n) is 12.3. The second kappa shape index (κ2) is 10.0. The summed E-state index contributed by atoms with van der Waals surface area (Å²) < 4.78 is 16.5. The van der Waals surface area contributed by atoms with Gasteiger partial charge in [0.25, 0.3) is 11.7 Å². The minimum atomic E-state index is -0.823. The van der Waals surface area contributed by atoms with E-state index in [9.17, 15) is 14.7 Å². The highest BCUT2D eigenvalue weighted by molar-refractivity contribution is 6.51. The van der Waals surface area contributed by atoms with Gasteiger partial charge in [-0.2, -0.15) is 0 Å². The highest BCUT2D eigenvalue weighted by Gasteiger charge is 2.47. The van der Waals surface area contributed by atoms with Crippen LogP contribution in [-0.4, -0.2) is 37.6 Å². The van der Waals surface area contributed by atoms with Crippen LogP contribution >= 0.6 is 0 Å². The zero-order valence-corrected chi connectivity index (χ0v) is 21.1. The third-order valence-corrected chi connectivity index (χ3v) is 6.98. The van der Waals surface area contributed by atoms with Crippen molar-refractivity contribution in [3.8, 4) is 17.2 Å². The fraction of sp³-hybridized carbons (Fsp3) is 0.267. The molecule has 2 heterocycles. The van der Waals surface area contributed by atoms with Crippen molar-refractivity contribution < 1.29 is 28.9 Å². The zero-order valence-electron chi connectivity index (χ0n) is 21.1. The molecule has 2 aliphatic rings. The number of carbonyl (C=O) groups is 2. The number of nitrogens with zero attached hydrogens (tertiary/aromatic N) is 1. The maximum Gasteiger partial charge on any atom is 0.300 e. The van der Waals surface area contributed by atoms with Gasteiger partial charge < -0.3 is 19.3 Å². The predicted molar refractivity (Wildman–Crippen MR) is 140 cm³/mol. The summed E-state index contributed by atoms with van der Waals surface area (Å²) in [4.78, 5) is 28.4. The Morgan fingerprint density at radius 2 is 1.76 bits per heavy atom. The van der Waals surface area contributed by atoms with Gasteiger partial charge in [-0.1, -0.05) is 31.2 Å². The predicted octanol–water partition coefficient (Wildman–Crippen LogP) is 5.22. The smallest absolute Gasteiger partial charge is 0.300 e. The Bertz CT molecular complexity index is 1390. The van der Waals surface area contributed by atoms with Crippen molar-refractivity contribution in [3.05, 3.63) is 88.5 Å². The average Bonchev–Trinajstić information content (AvgIpc) is 3.21. The molecule has 0 bridgehead atoms. The van der Waals surface area contributed by atoms with E-state index in [-0.39, 0.29) is 11.3 Å². The number of anilines is 1. The quantitative estimate of drug-likeness (QED) is 0.284. The van der Waals surface area contributed by atoms with Crippen molar-refractivity contribution in [1.29, 1.82) is 0 Å². The van der Waals surface area contributed by atoms with Crippen molar-refractivity contribution >= 4 is 23.1 Å². The van der Waals surface area contributed by atoms with Gasteiger partial charge in [0.1, 0.15) is 11.5 Å². The van der Waals surface area contributed by atoms with Crippen molar-refractivity contribution in [1.82, 2.24) is 0 Å². The lowest BCUT2D eigenvalue weighted by Crippen LogP contribution is -2.29. The molecular formula is C30H29NO6. The number of Topliss-reactive ketones (excluding diaryl/α,β-unsaturated/α-hetero) is 1. The summed E-state index contributed by atoms with van der Waals surface area (Å²) in [6, 6.07) is 17.3. The van der Waals surface area contributed by atoms with Crippen molar-refractivity contribution in [3.63, 3.8) is 0 Å². The Hall–Kier alpha value is -4.26. The normalized spacial score (nSPS) is 18.4. The minimum Gasteiger partial charge on any atom is -0.507 e. The van der Waals surface area contributed by atoms with Crippen LogP contribution < -0.4 is 19.1 Å². The summed E-state index contributed by atoms with van der Waals surface area (Å²) >= 11 is 0. The van der Waals surface area contributed by atoms with E-state index in [0.29, 0.717) is 34.9 Å². The van der Waals surface area contributed by atoms with Crippen LogP contribution in [-0.2, 0) is 22.4 Å². The molecule has 0 spiro atoms. The van der Waals surface area contributed by atoms with Gasteiger partial charge in [0.15, 0.2) is 11.5 Å². The number of hydrogen-bond acceptors (Lipinski definition) is 6. The van der Waals surface area contributed by atoms with E-state index >= 15 is 0 Å². The number of methoxy groups -OCH3 is 2. The number of amides is 1. The monoisotopic (exact) mass is 499 g/mol. The topological polar surface area (TPSA) is 85.3 Å². The van der Waals surface area contributed by atoms with Gasteiger partial charge >= 0.3 is 0 Å². The molecule has 7 nitrogen and oxygen atoms in total. The van der Waals surface area contributed by atoms with Gasteiger partial charge in [-0.25, -0.2) is 0 Å². The molecule has 7 heteroatoms. The summed E-state index contributed by atoms with van der Waals surface area (Å²) in [6.07, 6.45) is 2.55. The molecule has 3 aromatic rings. The number of hydrogen-bond donors (Lipinski definition) is 1. The van der Waals surface area contributed by atoms with E-state index in [1.807, 2.05) is 30.3 Å². The summed E-state index contributed by atoms with van der Waals surface area (Å²) in [5.41, 5.74) is 3.79. The average molecular weight is 500 g/mol. The molecule has 1 N–H and O–H groups in total. The van der Waals surface area contributed by atoms with Crippen molar-refractivity contribution in [2.45, 2.75) is 32.2 Å². The maximum absolute atomic E-state index is 13.5. The van der Waals surface area contributed by atoms with Gasteiger partial charge in [-0.05, 0) is 66.3 Å².